The van der Waals surface area contributed by atoms with Gasteiger partial charge in [-0.3, -0.25) is 0 Å². The van der Waals surface area contributed by atoms with E-state index in [-0.39, 0.29) is 0 Å². The zero-order valence-electron chi connectivity index (χ0n) is 15.3. The quantitative estimate of drug-likeness (QED) is 0.371. The molecule has 0 heterocycles. The summed E-state index contributed by atoms with van der Waals surface area (Å²) in [7, 11) is 0. The molecule has 3 aromatic rings. The number of allylic oxidation sites excluding steroid dienone is 1. The Bertz CT molecular complexity index is 1030. The number of hydrogen-bond donors (Lipinski definition) is 0. The van der Waals surface area contributed by atoms with Gasteiger partial charge in [0.05, 0.1) is 24.9 Å². The number of nitriles is 1. The predicted octanol–water partition coefficient (Wildman–Crippen LogP) is 6.35. The number of nitrogens with zero attached hydrogens (tertiary/aromatic N) is 1. The van der Waals surface area contributed by atoms with E-state index in [0.717, 1.165) is 33.4 Å². The van der Waals surface area contributed by atoms with Crippen LogP contribution in [0.2, 0.25) is 5.02 Å². The van der Waals surface area contributed by atoms with Crippen molar-refractivity contribution >= 4 is 34.0 Å². The van der Waals surface area contributed by atoms with Gasteiger partial charge in [0.2, 0.25) is 0 Å². The van der Waals surface area contributed by atoms with Crippen molar-refractivity contribution in [3.8, 4) is 17.6 Å². The lowest BCUT2D eigenvalue weighted by molar-refractivity contribution is 0.339. The molecule has 136 valence electrons. The zero-order valence-corrected chi connectivity index (χ0v) is 16.1. The summed E-state index contributed by atoms with van der Waals surface area (Å²) in [5.41, 5.74) is 2.14. The van der Waals surface area contributed by atoms with Crippen LogP contribution < -0.4 is 9.47 Å². The minimum atomic E-state index is 0.521. The maximum Gasteiger partial charge on any atom is 0.127 e. The Balaban J connectivity index is 2.24. The van der Waals surface area contributed by atoms with Gasteiger partial charge in [-0.15, -0.1) is 0 Å². The minimum absolute atomic E-state index is 0.521. The van der Waals surface area contributed by atoms with E-state index in [2.05, 4.69) is 6.07 Å². The van der Waals surface area contributed by atoms with Gasteiger partial charge in [-0.25, -0.2) is 0 Å². The molecule has 0 unspecified atom stereocenters. The number of ether oxygens (including phenoxy) is 2. The molecule has 0 aliphatic heterocycles. The fourth-order valence-corrected chi connectivity index (χ4v) is 3.16. The molecule has 0 aliphatic carbocycles. The van der Waals surface area contributed by atoms with Crippen LogP contribution in [0.15, 0.2) is 54.6 Å². The number of hydrogen-bond acceptors (Lipinski definition) is 3. The summed E-state index contributed by atoms with van der Waals surface area (Å²) in [4.78, 5) is 0. The van der Waals surface area contributed by atoms with E-state index in [0.29, 0.717) is 23.8 Å². The molecule has 0 bridgehead atoms. The normalized spacial score (nSPS) is 11.3. The highest BCUT2D eigenvalue weighted by Gasteiger charge is 2.11. The van der Waals surface area contributed by atoms with Crippen molar-refractivity contribution in [2.45, 2.75) is 13.8 Å². The fraction of sp³-hybridized carbons (Fsp3) is 0.174. The third kappa shape index (κ3) is 4.24. The van der Waals surface area contributed by atoms with Gasteiger partial charge in [-0.05, 0) is 66.6 Å². The molecule has 3 rings (SSSR count). The van der Waals surface area contributed by atoms with Crippen LogP contribution in [0.4, 0.5) is 0 Å². The topological polar surface area (TPSA) is 42.2 Å². The number of fused-ring (bicyclic) bond motifs is 1. The lowest BCUT2D eigenvalue weighted by Crippen LogP contribution is -1.96. The molecule has 0 fully saturated rings. The first kappa shape index (κ1) is 18.8. The molecular formula is C23H20ClNO2. The van der Waals surface area contributed by atoms with Crippen molar-refractivity contribution in [1.29, 1.82) is 5.26 Å². The van der Waals surface area contributed by atoms with Crippen LogP contribution >= 0.6 is 11.6 Å². The number of halogens is 1. The molecule has 0 saturated heterocycles. The van der Waals surface area contributed by atoms with E-state index in [1.54, 1.807) is 12.1 Å². The minimum Gasteiger partial charge on any atom is -0.494 e. The molecular weight excluding hydrogens is 358 g/mol. The van der Waals surface area contributed by atoms with E-state index in [4.69, 9.17) is 21.1 Å². The molecule has 0 aromatic heterocycles. The summed E-state index contributed by atoms with van der Waals surface area (Å²) in [6.45, 7) is 5.02. The van der Waals surface area contributed by atoms with Gasteiger partial charge in [0.1, 0.15) is 11.5 Å². The Labute approximate surface area is 164 Å². The van der Waals surface area contributed by atoms with Crippen LogP contribution in [0.5, 0.6) is 11.5 Å². The molecule has 3 aromatic carbocycles. The summed E-state index contributed by atoms with van der Waals surface area (Å²) < 4.78 is 11.5. The van der Waals surface area contributed by atoms with Gasteiger partial charge in [0.25, 0.3) is 0 Å². The van der Waals surface area contributed by atoms with Crippen LogP contribution in [0, 0.1) is 11.3 Å². The van der Waals surface area contributed by atoms with Crippen molar-refractivity contribution in [2.75, 3.05) is 13.2 Å². The molecule has 0 saturated carbocycles. The summed E-state index contributed by atoms with van der Waals surface area (Å²) in [5.74, 6) is 1.52. The Hall–Kier alpha value is -2.96. The molecule has 4 heteroatoms. The maximum absolute atomic E-state index is 9.74. The van der Waals surface area contributed by atoms with Crippen LogP contribution in [0.3, 0.4) is 0 Å². The highest BCUT2D eigenvalue weighted by atomic mass is 35.5. The molecule has 0 spiro atoms. The van der Waals surface area contributed by atoms with Crippen LogP contribution in [-0.4, -0.2) is 13.2 Å². The average Bonchev–Trinajstić information content (AvgIpc) is 2.67. The first-order chi connectivity index (χ1) is 13.2. The lowest BCUT2D eigenvalue weighted by Gasteiger charge is -2.13. The van der Waals surface area contributed by atoms with Gasteiger partial charge in [0.15, 0.2) is 0 Å². The molecule has 0 amide bonds. The first-order valence-corrected chi connectivity index (χ1v) is 9.24. The Morgan fingerprint density at radius 3 is 2.52 bits per heavy atom. The monoisotopic (exact) mass is 377 g/mol. The smallest absolute Gasteiger partial charge is 0.127 e. The molecule has 27 heavy (non-hydrogen) atoms. The standard InChI is InChI=1S/C23H20ClNO2/c1-3-26-20-10-8-16-9-11-23(27-4-2)22(21(16)14-20)13-18(15-25)17-6-5-7-19(24)12-17/h5-14H,3-4H2,1-2H3/b18-13-. The fourth-order valence-electron chi connectivity index (χ4n) is 2.97. The molecule has 0 aliphatic rings. The van der Waals surface area contributed by atoms with Crippen molar-refractivity contribution in [3.63, 3.8) is 0 Å². The van der Waals surface area contributed by atoms with Crippen molar-refractivity contribution in [3.05, 3.63) is 70.7 Å². The summed E-state index contributed by atoms with van der Waals surface area (Å²) >= 11 is 6.10. The SMILES string of the molecule is CCOc1ccc2ccc(OCC)c(/C=C(/C#N)c3cccc(Cl)c3)c2c1. The summed E-state index contributed by atoms with van der Waals surface area (Å²) in [5, 5.41) is 12.4. The predicted molar refractivity (Wildman–Crippen MR) is 111 cm³/mol. The molecule has 3 nitrogen and oxygen atoms in total. The van der Waals surface area contributed by atoms with Gasteiger partial charge < -0.3 is 9.47 Å². The summed E-state index contributed by atoms with van der Waals surface area (Å²) in [6.07, 6.45) is 1.86. The largest absolute Gasteiger partial charge is 0.494 e. The second kappa shape index (κ2) is 8.62. The van der Waals surface area contributed by atoms with Gasteiger partial charge in [-0.1, -0.05) is 35.9 Å². The van der Waals surface area contributed by atoms with Crippen molar-refractivity contribution in [2.24, 2.45) is 0 Å². The first-order valence-electron chi connectivity index (χ1n) is 8.86. The third-order valence-electron chi connectivity index (χ3n) is 4.15. The molecule has 0 N–H and O–H groups in total. The highest BCUT2D eigenvalue weighted by molar-refractivity contribution is 6.30. The Kier molecular flexibility index (Phi) is 6.01. The van der Waals surface area contributed by atoms with Crippen LogP contribution in [0.1, 0.15) is 25.0 Å². The van der Waals surface area contributed by atoms with E-state index < -0.39 is 0 Å². The Morgan fingerprint density at radius 1 is 1.04 bits per heavy atom. The second-order valence-electron chi connectivity index (χ2n) is 5.91. The average molecular weight is 378 g/mol. The van der Waals surface area contributed by atoms with Gasteiger partial charge in [-0.2, -0.15) is 5.26 Å². The van der Waals surface area contributed by atoms with Crippen molar-refractivity contribution in [1.82, 2.24) is 0 Å². The van der Waals surface area contributed by atoms with E-state index in [1.165, 1.54) is 0 Å². The molecule has 0 radical (unpaired) electrons. The summed E-state index contributed by atoms with van der Waals surface area (Å²) in [6, 6.07) is 19.5. The van der Waals surface area contributed by atoms with E-state index in [9.17, 15) is 5.26 Å². The van der Waals surface area contributed by atoms with Crippen LogP contribution in [0.25, 0.3) is 22.4 Å². The third-order valence-corrected chi connectivity index (χ3v) is 4.39. The van der Waals surface area contributed by atoms with Gasteiger partial charge in [0, 0.05) is 10.6 Å². The second-order valence-corrected chi connectivity index (χ2v) is 6.34. The van der Waals surface area contributed by atoms with E-state index >= 15 is 0 Å². The zero-order chi connectivity index (χ0) is 19.2. The van der Waals surface area contributed by atoms with E-state index in [1.807, 2.05) is 62.4 Å². The lowest BCUT2D eigenvalue weighted by atomic mass is 9.98. The van der Waals surface area contributed by atoms with Crippen molar-refractivity contribution < 1.29 is 9.47 Å². The number of benzene rings is 3. The maximum atomic E-state index is 9.74. The van der Waals surface area contributed by atoms with Gasteiger partial charge >= 0.3 is 0 Å². The Morgan fingerprint density at radius 2 is 1.81 bits per heavy atom. The highest BCUT2D eigenvalue weighted by Crippen LogP contribution is 2.34. The van der Waals surface area contributed by atoms with Crippen LogP contribution in [-0.2, 0) is 0 Å². The number of rotatable bonds is 6. The molecule has 0 atom stereocenters.